The topological polar surface area (TPSA) is 85.6 Å². The van der Waals surface area contributed by atoms with Crippen LogP contribution >= 0.6 is 0 Å². The minimum absolute atomic E-state index is 0.247. The molecule has 2 aromatic carbocycles. The molecular formula is C20H19N3O4. The zero-order valence-corrected chi connectivity index (χ0v) is 14.4. The number of fused-ring (bicyclic) bond motifs is 3. The summed E-state index contributed by atoms with van der Waals surface area (Å²) in [7, 11) is 0. The molecule has 0 spiro atoms. The highest BCUT2D eigenvalue weighted by molar-refractivity contribution is 5.94. The number of ether oxygens (including phenoxy) is 2. The Morgan fingerprint density at radius 2 is 1.93 bits per heavy atom. The van der Waals surface area contributed by atoms with E-state index in [0.717, 1.165) is 11.0 Å². The van der Waals surface area contributed by atoms with Crippen molar-refractivity contribution in [2.75, 3.05) is 6.61 Å². The van der Waals surface area contributed by atoms with Gasteiger partial charge >= 0.3 is 0 Å². The average Bonchev–Trinajstić information content (AvgIpc) is 3.32. The van der Waals surface area contributed by atoms with Gasteiger partial charge in [0.05, 0.1) is 30.0 Å². The van der Waals surface area contributed by atoms with E-state index < -0.39 is 24.5 Å². The van der Waals surface area contributed by atoms with Gasteiger partial charge in [0, 0.05) is 5.56 Å². The summed E-state index contributed by atoms with van der Waals surface area (Å²) in [4.78, 5) is 17.0. The molecule has 2 saturated heterocycles. The fourth-order valence-electron chi connectivity index (χ4n) is 3.92. The molecule has 0 saturated carbocycles. The van der Waals surface area contributed by atoms with Gasteiger partial charge in [-0.1, -0.05) is 30.3 Å². The monoisotopic (exact) mass is 365 g/mol. The van der Waals surface area contributed by atoms with E-state index in [0.29, 0.717) is 12.2 Å². The number of aliphatic hydroxyl groups excluding tert-OH is 1. The minimum atomic E-state index is -0.874. The smallest absolute Gasteiger partial charge is 0.251 e. The first-order valence-corrected chi connectivity index (χ1v) is 8.95. The van der Waals surface area contributed by atoms with Crippen molar-refractivity contribution < 1.29 is 19.4 Å². The predicted molar refractivity (Wildman–Crippen MR) is 97.1 cm³/mol. The zero-order valence-electron chi connectivity index (χ0n) is 14.4. The van der Waals surface area contributed by atoms with Gasteiger partial charge in [-0.15, -0.1) is 0 Å². The maximum Gasteiger partial charge on any atom is 0.251 e. The number of carbonyl (C=O) groups is 1. The van der Waals surface area contributed by atoms with Crippen LogP contribution in [0.1, 0.15) is 16.4 Å². The molecule has 5 rings (SSSR count). The van der Waals surface area contributed by atoms with Crippen LogP contribution in [0.2, 0.25) is 0 Å². The molecule has 5 atom stereocenters. The largest absolute Gasteiger partial charge is 0.388 e. The fourth-order valence-corrected chi connectivity index (χ4v) is 3.92. The van der Waals surface area contributed by atoms with Crippen molar-refractivity contribution in [2.45, 2.75) is 30.6 Å². The van der Waals surface area contributed by atoms with Crippen molar-refractivity contribution >= 4 is 16.9 Å². The number of nitrogens with zero attached hydrogens (tertiary/aromatic N) is 2. The summed E-state index contributed by atoms with van der Waals surface area (Å²) >= 11 is 0. The lowest BCUT2D eigenvalue weighted by atomic mass is 9.95. The van der Waals surface area contributed by atoms with E-state index in [2.05, 4.69) is 10.3 Å². The third kappa shape index (κ3) is 2.71. The Balaban J connectivity index is 1.46. The Morgan fingerprint density at radius 1 is 1.15 bits per heavy atom. The lowest BCUT2D eigenvalue weighted by Crippen LogP contribution is -2.58. The van der Waals surface area contributed by atoms with E-state index in [-0.39, 0.29) is 12.0 Å². The van der Waals surface area contributed by atoms with Crippen molar-refractivity contribution in [3.8, 4) is 0 Å². The number of imidazole rings is 1. The second-order valence-electron chi connectivity index (χ2n) is 6.86. The Labute approximate surface area is 155 Å². The van der Waals surface area contributed by atoms with Gasteiger partial charge in [-0.3, -0.25) is 4.79 Å². The van der Waals surface area contributed by atoms with Gasteiger partial charge in [0.15, 0.2) is 6.29 Å². The summed E-state index contributed by atoms with van der Waals surface area (Å²) in [5, 5.41) is 14.0. The first kappa shape index (κ1) is 16.4. The van der Waals surface area contributed by atoms with Gasteiger partial charge in [-0.05, 0) is 24.3 Å². The third-order valence-corrected chi connectivity index (χ3v) is 5.27. The van der Waals surface area contributed by atoms with Crippen LogP contribution in [0.3, 0.4) is 0 Å². The van der Waals surface area contributed by atoms with Gasteiger partial charge < -0.3 is 24.5 Å². The van der Waals surface area contributed by atoms with Crippen LogP contribution in [0.5, 0.6) is 0 Å². The molecule has 3 heterocycles. The number of rotatable bonds is 3. The van der Waals surface area contributed by atoms with Crippen molar-refractivity contribution in [2.24, 2.45) is 0 Å². The second-order valence-corrected chi connectivity index (χ2v) is 6.86. The maximum atomic E-state index is 12.6. The molecule has 7 heteroatoms. The standard InChI is InChI=1S/C20H19N3O4/c24-18-16(22-19(25)12-6-2-1-3-7-12)15-10-26-20(27-15)17(18)23-11-21-13-8-4-5-9-14(13)23/h1-9,11,15-18,20,24H,10H2,(H,22,25)/t15-,16-,17-,18+,20-/m1/s1. The van der Waals surface area contributed by atoms with Crippen LogP contribution in [-0.2, 0) is 9.47 Å². The summed E-state index contributed by atoms with van der Waals surface area (Å²) in [5.74, 6) is -0.247. The molecule has 2 bridgehead atoms. The van der Waals surface area contributed by atoms with Crippen LogP contribution in [0.4, 0.5) is 0 Å². The summed E-state index contributed by atoms with van der Waals surface area (Å²) < 4.78 is 13.6. The average molecular weight is 365 g/mol. The number of nitrogens with one attached hydrogen (secondary N) is 1. The van der Waals surface area contributed by atoms with Gasteiger partial charge in [0.2, 0.25) is 0 Å². The van der Waals surface area contributed by atoms with Crippen molar-refractivity contribution in [1.82, 2.24) is 14.9 Å². The van der Waals surface area contributed by atoms with E-state index in [1.54, 1.807) is 30.6 Å². The molecule has 0 aliphatic carbocycles. The van der Waals surface area contributed by atoms with Crippen LogP contribution < -0.4 is 5.32 Å². The van der Waals surface area contributed by atoms with E-state index in [1.807, 2.05) is 34.9 Å². The quantitative estimate of drug-likeness (QED) is 0.735. The number of benzene rings is 2. The highest BCUT2D eigenvalue weighted by atomic mass is 16.7. The maximum absolute atomic E-state index is 12.6. The van der Waals surface area contributed by atoms with E-state index in [1.165, 1.54) is 0 Å². The number of aliphatic hydroxyl groups is 1. The van der Waals surface area contributed by atoms with Crippen molar-refractivity contribution in [3.05, 3.63) is 66.5 Å². The van der Waals surface area contributed by atoms with Crippen molar-refractivity contribution in [1.29, 1.82) is 0 Å². The predicted octanol–water partition coefficient (Wildman–Crippen LogP) is 1.49. The third-order valence-electron chi connectivity index (χ3n) is 5.27. The molecular weight excluding hydrogens is 346 g/mol. The first-order valence-electron chi connectivity index (χ1n) is 8.95. The van der Waals surface area contributed by atoms with Gasteiger partial charge in [0.25, 0.3) is 5.91 Å². The first-order chi connectivity index (χ1) is 13.2. The molecule has 1 amide bonds. The highest BCUT2D eigenvalue weighted by Crippen LogP contribution is 2.37. The Bertz CT molecular complexity index is 974. The zero-order chi connectivity index (χ0) is 18.4. The molecule has 2 aliphatic rings. The summed E-state index contributed by atoms with van der Waals surface area (Å²) in [6, 6.07) is 15.5. The molecule has 27 heavy (non-hydrogen) atoms. The fraction of sp³-hybridized carbons (Fsp3) is 0.300. The number of para-hydroxylation sites is 2. The highest BCUT2D eigenvalue weighted by Gasteiger charge is 2.51. The van der Waals surface area contributed by atoms with Crippen LogP contribution in [-0.4, -0.2) is 51.7 Å². The molecule has 2 aliphatic heterocycles. The summed E-state index contributed by atoms with van der Waals surface area (Å²) in [6.45, 7) is 0.324. The normalized spacial score (nSPS) is 29.7. The molecule has 2 fully saturated rings. The lowest BCUT2D eigenvalue weighted by Gasteiger charge is -2.39. The number of aromatic nitrogens is 2. The van der Waals surface area contributed by atoms with E-state index >= 15 is 0 Å². The number of hydrogen-bond acceptors (Lipinski definition) is 5. The number of carbonyl (C=O) groups excluding carboxylic acids is 1. The molecule has 2 N–H and O–H groups in total. The lowest BCUT2D eigenvalue weighted by molar-refractivity contribution is -0.162. The van der Waals surface area contributed by atoms with Gasteiger partial charge in [0.1, 0.15) is 18.2 Å². The summed E-state index contributed by atoms with van der Waals surface area (Å²) in [6.07, 6.45) is -0.155. The molecule has 7 nitrogen and oxygen atoms in total. The minimum Gasteiger partial charge on any atom is -0.388 e. The molecule has 3 aromatic rings. The molecule has 0 unspecified atom stereocenters. The SMILES string of the molecule is O=C(N[C@H]1[C@H](O)[C@@H](n2cnc3ccccc32)[C@@H]2OC[C@H]1O2)c1ccccc1. The molecule has 1 aromatic heterocycles. The Kier molecular flexibility index (Phi) is 3.93. The molecule has 138 valence electrons. The van der Waals surface area contributed by atoms with Gasteiger partial charge in [-0.25, -0.2) is 4.98 Å². The van der Waals surface area contributed by atoms with E-state index in [9.17, 15) is 9.90 Å². The molecule has 0 radical (unpaired) electrons. The van der Waals surface area contributed by atoms with Crippen LogP contribution in [0.25, 0.3) is 11.0 Å². The van der Waals surface area contributed by atoms with Crippen LogP contribution in [0.15, 0.2) is 60.9 Å². The number of hydrogen-bond donors (Lipinski definition) is 2. The Hall–Kier alpha value is -2.74. The number of amides is 1. The van der Waals surface area contributed by atoms with Gasteiger partial charge in [-0.2, -0.15) is 0 Å². The van der Waals surface area contributed by atoms with E-state index in [4.69, 9.17) is 9.47 Å². The second kappa shape index (κ2) is 6.45. The van der Waals surface area contributed by atoms with Crippen LogP contribution in [0, 0.1) is 0 Å². The van der Waals surface area contributed by atoms with Crippen molar-refractivity contribution in [3.63, 3.8) is 0 Å². The summed E-state index contributed by atoms with van der Waals surface area (Å²) in [5.41, 5.74) is 2.25. The Morgan fingerprint density at radius 3 is 2.78 bits per heavy atom.